The first-order valence-electron chi connectivity index (χ1n) is 6.01. The molecular weight excluding hydrogens is 269 g/mol. The van der Waals surface area contributed by atoms with Crippen molar-refractivity contribution in [3.63, 3.8) is 0 Å². The van der Waals surface area contributed by atoms with Gasteiger partial charge in [-0.2, -0.15) is 0 Å². The molecule has 102 valence electrons. The van der Waals surface area contributed by atoms with Crippen molar-refractivity contribution >= 4 is 28.5 Å². The summed E-state index contributed by atoms with van der Waals surface area (Å²) in [5.74, 6) is 0.306. The van der Waals surface area contributed by atoms with Gasteiger partial charge in [-0.05, 0) is 25.1 Å². The Morgan fingerprint density at radius 2 is 2.32 bits per heavy atom. The Bertz CT molecular complexity index is 609. The van der Waals surface area contributed by atoms with Crippen LogP contribution in [0.5, 0.6) is 0 Å². The van der Waals surface area contributed by atoms with E-state index in [4.69, 9.17) is 11.6 Å². The molecule has 1 aromatic heterocycles. The number of rotatable bonds is 4. The zero-order valence-electron chi connectivity index (χ0n) is 10.8. The van der Waals surface area contributed by atoms with Crippen LogP contribution in [0.4, 0.5) is 4.39 Å². The van der Waals surface area contributed by atoms with E-state index in [1.807, 2.05) is 11.6 Å². The van der Waals surface area contributed by atoms with Gasteiger partial charge in [0, 0.05) is 20.0 Å². The number of nitrogens with zero attached hydrogens (tertiary/aromatic N) is 2. The van der Waals surface area contributed by atoms with Crippen molar-refractivity contribution in [2.24, 2.45) is 7.05 Å². The second-order valence-electron chi connectivity index (χ2n) is 4.38. The van der Waals surface area contributed by atoms with Crippen LogP contribution in [0.15, 0.2) is 18.2 Å². The number of aromatic nitrogens is 2. The molecule has 0 spiro atoms. The van der Waals surface area contributed by atoms with E-state index in [2.05, 4.69) is 10.3 Å². The molecule has 0 radical (unpaired) electrons. The summed E-state index contributed by atoms with van der Waals surface area (Å²) >= 11 is 5.65. The van der Waals surface area contributed by atoms with Crippen molar-refractivity contribution in [3.8, 4) is 0 Å². The van der Waals surface area contributed by atoms with Gasteiger partial charge in [0.05, 0.1) is 11.0 Å². The van der Waals surface area contributed by atoms with E-state index >= 15 is 0 Å². The number of nitrogens with one attached hydrogen (secondary N) is 1. The summed E-state index contributed by atoms with van der Waals surface area (Å²) in [5, 5.41) is 2.17. The van der Waals surface area contributed by atoms with Gasteiger partial charge in [-0.15, -0.1) is 11.6 Å². The number of benzene rings is 1. The lowest BCUT2D eigenvalue weighted by molar-refractivity contribution is -0.120. The van der Waals surface area contributed by atoms with Crippen molar-refractivity contribution in [2.45, 2.75) is 18.7 Å². The van der Waals surface area contributed by atoms with Crippen molar-refractivity contribution in [3.05, 3.63) is 29.8 Å². The zero-order valence-corrected chi connectivity index (χ0v) is 11.5. The second-order valence-corrected chi connectivity index (χ2v) is 5.03. The molecule has 1 heterocycles. The number of halogens is 2. The van der Waals surface area contributed by atoms with E-state index in [0.29, 0.717) is 13.0 Å². The molecule has 0 aliphatic carbocycles. The quantitative estimate of drug-likeness (QED) is 0.873. The third kappa shape index (κ3) is 3.04. The Kier molecular flexibility index (Phi) is 4.04. The number of fused-ring (bicyclic) bond motifs is 1. The number of amides is 1. The normalized spacial score (nSPS) is 12.6. The average Bonchev–Trinajstić information content (AvgIpc) is 2.66. The molecule has 1 unspecified atom stereocenters. The number of hydrogen-bond acceptors (Lipinski definition) is 2. The smallest absolute Gasteiger partial charge is 0.237 e. The van der Waals surface area contributed by atoms with Gasteiger partial charge < -0.3 is 9.88 Å². The predicted octanol–water partition coefficient (Wildman–Crippen LogP) is 2.00. The Morgan fingerprint density at radius 1 is 1.58 bits per heavy atom. The highest BCUT2D eigenvalue weighted by Crippen LogP contribution is 2.16. The van der Waals surface area contributed by atoms with Gasteiger partial charge in [-0.1, -0.05) is 0 Å². The predicted molar refractivity (Wildman–Crippen MR) is 72.7 cm³/mol. The van der Waals surface area contributed by atoms with E-state index in [9.17, 15) is 9.18 Å². The van der Waals surface area contributed by atoms with Crippen LogP contribution >= 0.6 is 11.6 Å². The molecule has 0 aliphatic heterocycles. The molecule has 2 rings (SSSR count). The minimum Gasteiger partial charge on any atom is -0.354 e. The van der Waals surface area contributed by atoms with Crippen LogP contribution in [0.25, 0.3) is 11.0 Å². The summed E-state index contributed by atoms with van der Waals surface area (Å²) in [6.45, 7) is 2.07. The summed E-state index contributed by atoms with van der Waals surface area (Å²) < 4.78 is 15.0. The number of imidazole rings is 1. The zero-order chi connectivity index (χ0) is 14.0. The van der Waals surface area contributed by atoms with Crippen LogP contribution in [-0.4, -0.2) is 27.4 Å². The van der Waals surface area contributed by atoms with Crippen molar-refractivity contribution in [1.29, 1.82) is 0 Å². The summed E-state index contributed by atoms with van der Waals surface area (Å²) in [7, 11) is 1.83. The first-order valence-corrected chi connectivity index (χ1v) is 6.45. The van der Waals surface area contributed by atoms with E-state index in [1.165, 1.54) is 12.1 Å². The fraction of sp³-hybridized carbons (Fsp3) is 0.385. The molecule has 0 aliphatic rings. The fourth-order valence-electron chi connectivity index (χ4n) is 1.87. The molecule has 19 heavy (non-hydrogen) atoms. The maximum absolute atomic E-state index is 13.2. The SMILES string of the molecule is CC(Cl)C(=O)NCCc1nc2ccc(F)cc2n1C. The Hall–Kier alpha value is -1.62. The molecule has 0 saturated heterocycles. The van der Waals surface area contributed by atoms with Gasteiger partial charge in [0.25, 0.3) is 0 Å². The Balaban J connectivity index is 2.09. The van der Waals surface area contributed by atoms with Crippen molar-refractivity contribution in [1.82, 2.24) is 14.9 Å². The van der Waals surface area contributed by atoms with Crippen LogP contribution < -0.4 is 5.32 Å². The number of hydrogen-bond donors (Lipinski definition) is 1. The van der Waals surface area contributed by atoms with E-state index in [-0.39, 0.29) is 11.7 Å². The molecule has 1 amide bonds. The summed E-state index contributed by atoms with van der Waals surface area (Å²) in [4.78, 5) is 15.7. The van der Waals surface area contributed by atoms with Crippen molar-refractivity contribution < 1.29 is 9.18 Å². The average molecular weight is 284 g/mol. The van der Waals surface area contributed by atoms with Crippen LogP contribution in [0, 0.1) is 5.82 Å². The Labute approximate surface area is 115 Å². The second kappa shape index (κ2) is 5.57. The molecule has 1 aromatic carbocycles. The van der Waals surface area contributed by atoms with Crippen molar-refractivity contribution in [2.75, 3.05) is 6.54 Å². The standard InChI is InChI=1S/C13H15ClFN3O/c1-8(14)13(19)16-6-5-12-17-10-4-3-9(15)7-11(10)18(12)2/h3-4,7-8H,5-6H2,1-2H3,(H,16,19). The molecule has 0 fully saturated rings. The van der Waals surface area contributed by atoms with E-state index in [1.54, 1.807) is 13.0 Å². The lowest BCUT2D eigenvalue weighted by Crippen LogP contribution is -2.31. The van der Waals surface area contributed by atoms with Gasteiger partial charge in [0.2, 0.25) is 5.91 Å². The summed E-state index contributed by atoms with van der Waals surface area (Å²) in [6, 6.07) is 4.48. The summed E-state index contributed by atoms with van der Waals surface area (Å²) in [6.07, 6.45) is 0.572. The topological polar surface area (TPSA) is 46.9 Å². The van der Waals surface area contributed by atoms with Gasteiger partial charge in [-0.25, -0.2) is 9.37 Å². The van der Waals surface area contributed by atoms with Crippen LogP contribution in [0.2, 0.25) is 0 Å². The molecule has 6 heteroatoms. The van der Waals surface area contributed by atoms with Gasteiger partial charge in [0.15, 0.2) is 0 Å². The third-order valence-electron chi connectivity index (χ3n) is 2.94. The maximum Gasteiger partial charge on any atom is 0.237 e. The van der Waals surface area contributed by atoms with Crippen LogP contribution in [0.1, 0.15) is 12.7 Å². The number of carbonyl (C=O) groups is 1. The molecule has 0 saturated carbocycles. The third-order valence-corrected chi connectivity index (χ3v) is 3.14. The largest absolute Gasteiger partial charge is 0.354 e. The molecule has 1 N–H and O–H groups in total. The number of aryl methyl sites for hydroxylation is 1. The van der Waals surface area contributed by atoms with Gasteiger partial charge in [-0.3, -0.25) is 4.79 Å². The molecule has 1 atom stereocenters. The van der Waals surface area contributed by atoms with Crippen LogP contribution in [0.3, 0.4) is 0 Å². The van der Waals surface area contributed by atoms with E-state index in [0.717, 1.165) is 16.9 Å². The fourth-order valence-corrected chi connectivity index (χ4v) is 1.95. The minimum absolute atomic E-state index is 0.202. The van der Waals surface area contributed by atoms with Gasteiger partial charge >= 0.3 is 0 Å². The minimum atomic E-state index is -0.547. The highest BCUT2D eigenvalue weighted by Gasteiger charge is 2.11. The maximum atomic E-state index is 13.2. The highest BCUT2D eigenvalue weighted by atomic mass is 35.5. The molecule has 4 nitrogen and oxygen atoms in total. The van der Waals surface area contributed by atoms with E-state index < -0.39 is 5.38 Å². The molecule has 2 aromatic rings. The van der Waals surface area contributed by atoms with Gasteiger partial charge in [0.1, 0.15) is 17.0 Å². The summed E-state index contributed by atoms with van der Waals surface area (Å²) in [5.41, 5.74) is 1.49. The Morgan fingerprint density at radius 3 is 3.00 bits per heavy atom. The highest BCUT2D eigenvalue weighted by molar-refractivity contribution is 6.30. The number of alkyl halides is 1. The lowest BCUT2D eigenvalue weighted by atomic mass is 10.3. The molecular formula is C13H15ClFN3O. The first kappa shape index (κ1) is 13.8. The lowest BCUT2D eigenvalue weighted by Gasteiger charge is -2.06. The number of carbonyl (C=O) groups excluding carboxylic acids is 1. The molecule has 0 bridgehead atoms. The first-order chi connectivity index (χ1) is 8.99. The van der Waals surface area contributed by atoms with Crippen LogP contribution in [-0.2, 0) is 18.3 Å². The monoisotopic (exact) mass is 283 g/mol.